The Morgan fingerprint density at radius 3 is 2.80 bits per heavy atom. The standard InChI is InChI=1S/C17H27NO2/c18-14-17(19)11-4-9-16(17)10-13-20-12-5-8-15-6-2-1-3-7-15/h1-3,6-7,16,19H,4-5,8-14,18H2. The number of aryl methyl sites for hydroxylation is 1. The summed E-state index contributed by atoms with van der Waals surface area (Å²) in [6.07, 6.45) is 6.07. The smallest absolute Gasteiger partial charge is 0.0798 e. The molecular weight excluding hydrogens is 250 g/mol. The maximum atomic E-state index is 10.3. The molecule has 1 aliphatic carbocycles. The van der Waals surface area contributed by atoms with E-state index >= 15 is 0 Å². The van der Waals surface area contributed by atoms with Crippen LogP contribution < -0.4 is 5.73 Å². The Hall–Kier alpha value is -0.900. The molecule has 112 valence electrons. The van der Waals surface area contributed by atoms with Gasteiger partial charge < -0.3 is 15.6 Å². The predicted octanol–water partition coefficient (Wildman–Crippen LogP) is 2.52. The minimum Gasteiger partial charge on any atom is -0.388 e. The molecule has 3 N–H and O–H groups in total. The second-order valence-corrected chi connectivity index (χ2v) is 5.89. The lowest BCUT2D eigenvalue weighted by atomic mass is 9.88. The Morgan fingerprint density at radius 1 is 1.25 bits per heavy atom. The summed E-state index contributed by atoms with van der Waals surface area (Å²) in [5.41, 5.74) is 6.42. The van der Waals surface area contributed by atoms with Gasteiger partial charge in [-0.25, -0.2) is 0 Å². The van der Waals surface area contributed by atoms with Gasteiger partial charge in [-0.3, -0.25) is 0 Å². The molecule has 0 aliphatic heterocycles. The molecule has 1 saturated carbocycles. The van der Waals surface area contributed by atoms with Gasteiger partial charge in [-0.2, -0.15) is 0 Å². The molecule has 0 radical (unpaired) electrons. The molecule has 0 amide bonds. The molecule has 2 rings (SSSR count). The van der Waals surface area contributed by atoms with E-state index in [1.807, 2.05) is 6.07 Å². The van der Waals surface area contributed by atoms with Crippen LogP contribution in [0.2, 0.25) is 0 Å². The molecule has 3 heteroatoms. The highest BCUT2D eigenvalue weighted by molar-refractivity contribution is 5.14. The average Bonchev–Trinajstić information content (AvgIpc) is 2.86. The number of hydrogen-bond donors (Lipinski definition) is 2. The first kappa shape index (κ1) is 15.5. The van der Waals surface area contributed by atoms with E-state index in [-0.39, 0.29) is 0 Å². The van der Waals surface area contributed by atoms with E-state index in [1.165, 1.54) is 5.56 Å². The van der Waals surface area contributed by atoms with Gasteiger partial charge in [0.05, 0.1) is 5.60 Å². The van der Waals surface area contributed by atoms with Crippen LogP contribution in [0.25, 0.3) is 0 Å². The Bertz CT molecular complexity index is 382. The van der Waals surface area contributed by atoms with Gasteiger partial charge in [0.25, 0.3) is 0 Å². The molecule has 20 heavy (non-hydrogen) atoms. The number of rotatable bonds is 8. The van der Waals surface area contributed by atoms with Crippen LogP contribution in [0.4, 0.5) is 0 Å². The predicted molar refractivity (Wildman–Crippen MR) is 81.5 cm³/mol. The lowest BCUT2D eigenvalue weighted by Crippen LogP contribution is -2.41. The zero-order chi connectivity index (χ0) is 14.3. The van der Waals surface area contributed by atoms with Crippen molar-refractivity contribution >= 4 is 0 Å². The summed E-state index contributed by atoms with van der Waals surface area (Å²) in [5, 5.41) is 10.3. The van der Waals surface area contributed by atoms with Gasteiger partial charge in [-0.1, -0.05) is 36.8 Å². The number of nitrogens with two attached hydrogens (primary N) is 1. The third kappa shape index (κ3) is 4.30. The van der Waals surface area contributed by atoms with Gasteiger partial charge in [-0.15, -0.1) is 0 Å². The third-order valence-corrected chi connectivity index (χ3v) is 4.48. The zero-order valence-electron chi connectivity index (χ0n) is 12.3. The van der Waals surface area contributed by atoms with Crippen molar-refractivity contribution in [3.8, 4) is 0 Å². The molecule has 0 heterocycles. The van der Waals surface area contributed by atoms with Crippen molar-refractivity contribution in [2.24, 2.45) is 11.7 Å². The highest BCUT2D eigenvalue weighted by Crippen LogP contribution is 2.37. The second-order valence-electron chi connectivity index (χ2n) is 5.89. The Labute approximate surface area is 122 Å². The fraction of sp³-hybridized carbons (Fsp3) is 0.647. The number of ether oxygens (including phenoxy) is 1. The first-order valence-corrected chi connectivity index (χ1v) is 7.79. The summed E-state index contributed by atoms with van der Waals surface area (Å²) < 4.78 is 5.70. The largest absolute Gasteiger partial charge is 0.388 e. The molecule has 0 aromatic heterocycles. The van der Waals surface area contributed by atoms with Crippen molar-refractivity contribution in [3.05, 3.63) is 35.9 Å². The number of benzene rings is 1. The van der Waals surface area contributed by atoms with Gasteiger partial charge in [0.1, 0.15) is 0 Å². The maximum Gasteiger partial charge on any atom is 0.0798 e. The minimum atomic E-state index is -0.632. The lowest BCUT2D eigenvalue weighted by molar-refractivity contribution is -0.00439. The van der Waals surface area contributed by atoms with Crippen LogP contribution in [-0.4, -0.2) is 30.5 Å². The van der Waals surface area contributed by atoms with E-state index < -0.39 is 5.60 Å². The minimum absolute atomic E-state index is 0.321. The van der Waals surface area contributed by atoms with Gasteiger partial charge in [0, 0.05) is 19.8 Å². The van der Waals surface area contributed by atoms with Gasteiger partial charge in [0.2, 0.25) is 0 Å². The second kappa shape index (κ2) is 7.77. The average molecular weight is 277 g/mol. The van der Waals surface area contributed by atoms with Gasteiger partial charge in [-0.05, 0) is 43.6 Å². The lowest BCUT2D eigenvalue weighted by Gasteiger charge is -2.28. The molecule has 0 saturated heterocycles. The molecule has 2 unspecified atom stereocenters. The molecule has 1 fully saturated rings. The van der Waals surface area contributed by atoms with Gasteiger partial charge in [0.15, 0.2) is 0 Å². The first-order chi connectivity index (χ1) is 9.74. The van der Waals surface area contributed by atoms with Crippen LogP contribution in [0.1, 0.15) is 37.7 Å². The summed E-state index contributed by atoms with van der Waals surface area (Å²) in [6, 6.07) is 10.5. The van der Waals surface area contributed by atoms with Crippen molar-refractivity contribution < 1.29 is 9.84 Å². The Balaban J connectivity index is 1.56. The fourth-order valence-corrected chi connectivity index (χ4v) is 3.16. The van der Waals surface area contributed by atoms with Crippen molar-refractivity contribution in [1.82, 2.24) is 0 Å². The van der Waals surface area contributed by atoms with Crippen molar-refractivity contribution in [2.45, 2.75) is 44.1 Å². The fourth-order valence-electron chi connectivity index (χ4n) is 3.16. The zero-order valence-corrected chi connectivity index (χ0v) is 12.3. The van der Waals surface area contributed by atoms with Crippen molar-refractivity contribution in [3.63, 3.8) is 0 Å². The summed E-state index contributed by atoms with van der Waals surface area (Å²) in [4.78, 5) is 0. The van der Waals surface area contributed by atoms with Crippen molar-refractivity contribution in [1.29, 1.82) is 0 Å². The van der Waals surface area contributed by atoms with Crippen LogP contribution in [0.3, 0.4) is 0 Å². The van der Waals surface area contributed by atoms with E-state index in [1.54, 1.807) is 0 Å². The molecule has 1 aliphatic rings. The quantitative estimate of drug-likeness (QED) is 0.718. The molecule has 0 spiro atoms. The van der Waals surface area contributed by atoms with Gasteiger partial charge >= 0.3 is 0 Å². The maximum absolute atomic E-state index is 10.3. The molecule has 3 nitrogen and oxygen atoms in total. The Kier molecular flexibility index (Phi) is 6.02. The molecular formula is C17H27NO2. The third-order valence-electron chi connectivity index (χ3n) is 4.48. The van der Waals surface area contributed by atoms with Crippen LogP contribution in [0.5, 0.6) is 0 Å². The van der Waals surface area contributed by atoms with E-state index in [0.29, 0.717) is 12.5 Å². The van der Waals surface area contributed by atoms with E-state index in [2.05, 4.69) is 24.3 Å². The molecule has 1 aromatic carbocycles. The first-order valence-electron chi connectivity index (χ1n) is 7.79. The normalized spacial score (nSPS) is 26.0. The molecule has 1 aromatic rings. The van der Waals surface area contributed by atoms with E-state index in [0.717, 1.165) is 51.7 Å². The molecule has 0 bridgehead atoms. The van der Waals surface area contributed by atoms with Crippen LogP contribution in [0, 0.1) is 5.92 Å². The topological polar surface area (TPSA) is 55.5 Å². The summed E-state index contributed by atoms with van der Waals surface area (Å²) >= 11 is 0. The van der Waals surface area contributed by atoms with Crippen LogP contribution in [-0.2, 0) is 11.2 Å². The number of hydrogen-bond acceptors (Lipinski definition) is 3. The Morgan fingerprint density at radius 2 is 2.05 bits per heavy atom. The summed E-state index contributed by atoms with van der Waals surface area (Å²) in [5.74, 6) is 0.321. The monoisotopic (exact) mass is 277 g/mol. The molecule has 2 atom stereocenters. The van der Waals surface area contributed by atoms with E-state index in [9.17, 15) is 5.11 Å². The summed E-state index contributed by atoms with van der Waals surface area (Å²) in [7, 11) is 0. The van der Waals surface area contributed by atoms with Crippen LogP contribution >= 0.6 is 0 Å². The SMILES string of the molecule is NCC1(O)CCCC1CCOCCCc1ccccc1. The van der Waals surface area contributed by atoms with Crippen molar-refractivity contribution in [2.75, 3.05) is 19.8 Å². The highest BCUT2D eigenvalue weighted by atomic mass is 16.5. The highest BCUT2D eigenvalue weighted by Gasteiger charge is 2.39. The van der Waals surface area contributed by atoms with Crippen LogP contribution in [0.15, 0.2) is 30.3 Å². The van der Waals surface area contributed by atoms with E-state index in [4.69, 9.17) is 10.5 Å². The number of aliphatic hydroxyl groups is 1. The summed E-state index contributed by atoms with van der Waals surface area (Å²) in [6.45, 7) is 1.91.